The minimum atomic E-state index is -0.876. The van der Waals surface area contributed by atoms with Crippen molar-refractivity contribution in [1.29, 1.82) is 0 Å². The number of hydrogen-bond donors (Lipinski definition) is 1. The lowest BCUT2D eigenvalue weighted by molar-refractivity contribution is 0.101. The molecule has 0 fully saturated rings. The second-order valence-electron chi connectivity index (χ2n) is 5.21. The molecule has 24 heavy (non-hydrogen) atoms. The predicted molar refractivity (Wildman–Crippen MR) is 85.3 cm³/mol. The van der Waals surface area contributed by atoms with Crippen molar-refractivity contribution in [3.05, 3.63) is 57.1 Å². The van der Waals surface area contributed by atoms with Gasteiger partial charge in [-0.25, -0.2) is 8.78 Å². The molecule has 0 spiro atoms. The number of benzene rings is 1. The van der Waals surface area contributed by atoms with Crippen molar-refractivity contribution < 1.29 is 18.1 Å². The Balaban J connectivity index is 2.15. The van der Waals surface area contributed by atoms with Crippen molar-refractivity contribution >= 4 is 28.4 Å². The second kappa shape index (κ2) is 6.20. The zero-order valence-corrected chi connectivity index (χ0v) is 13.6. The summed E-state index contributed by atoms with van der Waals surface area (Å²) in [5.41, 5.74) is -0.680. The molecule has 2 aromatic heterocycles. The number of nitrogens with zero attached hydrogens (tertiary/aromatic N) is 1. The fourth-order valence-electron chi connectivity index (χ4n) is 2.36. The summed E-state index contributed by atoms with van der Waals surface area (Å²) in [5.74, 6) is -1.24. The van der Waals surface area contributed by atoms with Gasteiger partial charge in [0, 0.05) is 11.8 Å². The molecule has 3 rings (SSSR count). The van der Waals surface area contributed by atoms with Crippen LogP contribution in [0.1, 0.15) is 28.7 Å². The molecule has 3 aromatic rings. The fraction of sp³-hybridized carbons (Fsp3) is 0.188. The van der Waals surface area contributed by atoms with Gasteiger partial charge in [0.25, 0.3) is 0 Å². The summed E-state index contributed by atoms with van der Waals surface area (Å²) in [6, 6.07) is 3.50. The molecule has 5 nitrogen and oxygen atoms in total. The van der Waals surface area contributed by atoms with Gasteiger partial charge in [-0.1, -0.05) is 5.16 Å². The van der Waals surface area contributed by atoms with Crippen LogP contribution in [0.3, 0.4) is 0 Å². The molecule has 0 unspecified atom stereocenters. The molecule has 0 amide bonds. The van der Waals surface area contributed by atoms with Crippen LogP contribution in [-0.2, 0) is 5.75 Å². The molecular formula is C16H12F2N2O3S. The Labute approximate surface area is 139 Å². The van der Waals surface area contributed by atoms with E-state index in [9.17, 15) is 18.4 Å². The van der Waals surface area contributed by atoms with E-state index in [1.807, 2.05) is 0 Å². The largest absolute Gasteiger partial charge is 0.361 e. The standard InChI is InChI=1S/C16H12F2N2O3S/c1-7-5-9(20-23-7)6-24-16-12(8(2)21)15(22)13-10(17)3-4-11(18)14(13)19-16/h3-5H,6H2,1-2H3,(H,19,22). The Morgan fingerprint density at radius 3 is 2.67 bits per heavy atom. The average Bonchev–Trinajstić information content (AvgIpc) is 2.93. The molecule has 0 radical (unpaired) electrons. The Bertz CT molecular complexity index is 1010. The number of aromatic nitrogens is 2. The van der Waals surface area contributed by atoms with Crippen LogP contribution in [0.25, 0.3) is 10.9 Å². The summed E-state index contributed by atoms with van der Waals surface area (Å²) >= 11 is 1.10. The number of carbonyl (C=O) groups is 1. The molecule has 124 valence electrons. The highest BCUT2D eigenvalue weighted by Crippen LogP contribution is 2.27. The predicted octanol–water partition coefficient (Wildman–Crippen LogP) is 3.60. The number of thioether (sulfide) groups is 1. The Morgan fingerprint density at radius 2 is 2.04 bits per heavy atom. The number of ketones is 1. The first-order valence-corrected chi connectivity index (χ1v) is 7.97. The molecule has 0 atom stereocenters. The molecule has 8 heteroatoms. The lowest BCUT2D eigenvalue weighted by Gasteiger charge is -2.09. The Morgan fingerprint density at radius 1 is 1.33 bits per heavy atom. The summed E-state index contributed by atoms with van der Waals surface area (Å²) in [5, 5.41) is 3.53. The lowest BCUT2D eigenvalue weighted by Crippen LogP contribution is -2.18. The maximum absolute atomic E-state index is 14.0. The van der Waals surface area contributed by atoms with Gasteiger partial charge >= 0.3 is 0 Å². The van der Waals surface area contributed by atoms with E-state index in [0.29, 0.717) is 17.2 Å². The molecule has 0 aliphatic carbocycles. The van der Waals surface area contributed by atoms with Gasteiger partial charge in [-0.05, 0) is 26.0 Å². The molecule has 0 aliphatic heterocycles. The number of fused-ring (bicyclic) bond motifs is 1. The quantitative estimate of drug-likeness (QED) is 0.575. The van der Waals surface area contributed by atoms with E-state index in [1.165, 1.54) is 6.92 Å². The smallest absolute Gasteiger partial charge is 0.204 e. The molecule has 0 aliphatic rings. The second-order valence-corrected chi connectivity index (χ2v) is 6.20. The third kappa shape index (κ3) is 2.84. The number of aromatic amines is 1. The number of rotatable bonds is 4. The topological polar surface area (TPSA) is 76.0 Å². The summed E-state index contributed by atoms with van der Waals surface area (Å²) in [7, 11) is 0. The number of H-pyrrole nitrogens is 1. The van der Waals surface area contributed by atoms with Crippen molar-refractivity contribution in [3.63, 3.8) is 0 Å². The van der Waals surface area contributed by atoms with E-state index in [0.717, 1.165) is 23.9 Å². The molecular weight excluding hydrogens is 338 g/mol. The maximum atomic E-state index is 14.0. The zero-order valence-electron chi connectivity index (χ0n) is 12.8. The minimum Gasteiger partial charge on any atom is -0.361 e. The molecule has 0 bridgehead atoms. The van der Waals surface area contributed by atoms with Crippen LogP contribution in [-0.4, -0.2) is 15.9 Å². The first-order valence-electron chi connectivity index (χ1n) is 6.98. The summed E-state index contributed by atoms with van der Waals surface area (Å²) in [6.07, 6.45) is 0. The summed E-state index contributed by atoms with van der Waals surface area (Å²) < 4.78 is 32.8. The van der Waals surface area contributed by atoms with Gasteiger partial charge in [0.15, 0.2) is 5.78 Å². The number of halogens is 2. The minimum absolute atomic E-state index is 0.171. The van der Waals surface area contributed by atoms with E-state index >= 15 is 0 Å². The van der Waals surface area contributed by atoms with E-state index in [-0.39, 0.29) is 16.1 Å². The van der Waals surface area contributed by atoms with Crippen LogP contribution in [0.15, 0.2) is 32.5 Å². The normalized spacial score (nSPS) is 11.2. The van der Waals surface area contributed by atoms with E-state index in [1.54, 1.807) is 13.0 Å². The molecule has 1 N–H and O–H groups in total. The molecule has 0 saturated heterocycles. The van der Waals surface area contributed by atoms with Gasteiger partial charge in [-0.3, -0.25) is 9.59 Å². The average molecular weight is 350 g/mol. The van der Waals surface area contributed by atoms with Crippen LogP contribution < -0.4 is 5.43 Å². The van der Waals surface area contributed by atoms with Crippen LogP contribution in [0.4, 0.5) is 8.78 Å². The number of nitrogens with one attached hydrogen (secondary N) is 1. The van der Waals surface area contributed by atoms with Crippen molar-refractivity contribution in [2.45, 2.75) is 24.6 Å². The van der Waals surface area contributed by atoms with Crippen molar-refractivity contribution in [2.75, 3.05) is 0 Å². The van der Waals surface area contributed by atoms with Crippen molar-refractivity contribution in [2.24, 2.45) is 0 Å². The van der Waals surface area contributed by atoms with Gasteiger partial charge in [-0.2, -0.15) is 0 Å². The van der Waals surface area contributed by atoms with Gasteiger partial charge < -0.3 is 9.51 Å². The van der Waals surface area contributed by atoms with Crippen molar-refractivity contribution in [3.8, 4) is 0 Å². The third-order valence-corrected chi connectivity index (χ3v) is 4.45. The molecule has 2 heterocycles. The first-order chi connectivity index (χ1) is 11.4. The Kier molecular flexibility index (Phi) is 4.23. The molecule has 1 aromatic carbocycles. The Hall–Kier alpha value is -2.48. The van der Waals surface area contributed by atoms with Gasteiger partial charge in [0.2, 0.25) is 5.43 Å². The van der Waals surface area contributed by atoms with E-state index in [2.05, 4.69) is 10.1 Å². The summed E-state index contributed by atoms with van der Waals surface area (Å²) in [6.45, 7) is 2.94. The van der Waals surface area contributed by atoms with Gasteiger partial charge in [0.05, 0.1) is 27.2 Å². The SMILES string of the molecule is CC(=O)c1c(SCc2cc(C)on2)[nH]c2c(F)ccc(F)c2c1=O. The number of carbonyl (C=O) groups excluding carboxylic acids is 1. The van der Waals surface area contributed by atoms with E-state index < -0.39 is 28.2 Å². The number of aryl methyl sites for hydroxylation is 1. The highest BCUT2D eigenvalue weighted by molar-refractivity contribution is 7.98. The monoisotopic (exact) mass is 350 g/mol. The van der Waals surface area contributed by atoms with Crippen LogP contribution in [0, 0.1) is 18.6 Å². The highest BCUT2D eigenvalue weighted by atomic mass is 32.2. The van der Waals surface area contributed by atoms with Crippen LogP contribution >= 0.6 is 11.8 Å². The number of hydrogen-bond acceptors (Lipinski definition) is 5. The first kappa shape index (κ1) is 16.4. The summed E-state index contributed by atoms with van der Waals surface area (Å²) in [4.78, 5) is 27.0. The maximum Gasteiger partial charge on any atom is 0.204 e. The lowest BCUT2D eigenvalue weighted by atomic mass is 10.1. The van der Waals surface area contributed by atoms with Crippen molar-refractivity contribution in [1.82, 2.24) is 10.1 Å². The van der Waals surface area contributed by atoms with Gasteiger partial charge in [0.1, 0.15) is 17.4 Å². The third-order valence-electron chi connectivity index (χ3n) is 3.42. The van der Waals surface area contributed by atoms with E-state index in [4.69, 9.17) is 4.52 Å². The van der Waals surface area contributed by atoms with Gasteiger partial charge in [-0.15, -0.1) is 11.8 Å². The van der Waals surface area contributed by atoms with Crippen LogP contribution in [0.2, 0.25) is 0 Å². The fourth-order valence-corrected chi connectivity index (χ4v) is 3.34. The number of Topliss-reactive ketones (excluding diaryl/α,β-unsaturated/α-hetero) is 1. The number of pyridine rings is 1. The van der Waals surface area contributed by atoms with Crippen LogP contribution in [0.5, 0.6) is 0 Å². The molecule has 0 saturated carbocycles. The zero-order chi connectivity index (χ0) is 17.4. The highest BCUT2D eigenvalue weighted by Gasteiger charge is 2.20.